The lowest BCUT2D eigenvalue weighted by Crippen LogP contribution is -2.14. The van der Waals surface area contributed by atoms with Gasteiger partial charge in [0.2, 0.25) is 0 Å². The third-order valence-electron chi connectivity index (χ3n) is 2.18. The molecule has 0 fully saturated rings. The lowest BCUT2D eigenvalue weighted by molar-refractivity contribution is 0.0695. The summed E-state index contributed by atoms with van der Waals surface area (Å²) in [5, 5.41) is 18.2. The number of hydrogen-bond donors (Lipinski definition) is 3. The van der Waals surface area contributed by atoms with E-state index < -0.39 is 12.0 Å². The van der Waals surface area contributed by atoms with Crippen LogP contribution < -0.4 is 10.5 Å². The summed E-state index contributed by atoms with van der Waals surface area (Å²) in [6, 6.07) is 2.13. The van der Waals surface area contributed by atoms with Gasteiger partial charge in [0.25, 0.3) is 0 Å². The molecule has 0 saturated carbocycles. The molecule has 1 aliphatic rings. The van der Waals surface area contributed by atoms with Crippen molar-refractivity contribution < 1.29 is 19.7 Å². The van der Waals surface area contributed by atoms with E-state index in [4.69, 9.17) is 15.6 Å². The number of ether oxygens (including phenoxy) is 1. The fourth-order valence-corrected chi connectivity index (χ4v) is 1.55. The summed E-state index contributed by atoms with van der Waals surface area (Å²) in [5.74, 6) is -0.947. The van der Waals surface area contributed by atoms with Crippen molar-refractivity contribution in [3.63, 3.8) is 0 Å². The number of carbonyl (C=O) groups is 1. The number of phenols is 1. The van der Waals surface area contributed by atoms with Crippen LogP contribution in [0.2, 0.25) is 0 Å². The molecule has 1 aromatic rings. The van der Waals surface area contributed by atoms with Crippen LogP contribution in [0.1, 0.15) is 22.0 Å². The second kappa shape index (κ2) is 2.88. The van der Waals surface area contributed by atoms with Gasteiger partial charge in [-0.2, -0.15) is 0 Å². The summed E-state index contributed by atoms with van der Waals surface area (Å²) >= 11 is 0. The van der Waals surface area contributed by atoms with Crippen LogP contribution in [0.3, 0.4) is 0 Å². The van der Waals surface area contributed by atoms with E-state index >= 15 is 0 Å². The first kappa shape index (κ1) is 8.83. The summed E-state index contributed by atoms with van der Waals surface area (Å²) in [5.41, 5.74) is 6.11. The lowest BCUT2D eigenvalue weighted by atomic mass is 10.0. The molecule has 0 aromatic heterocycles. The van der Waals surface area contributed by atoms with Crippen molar-refractivity contribution in [1.82, 2.24) is 0 Å². The predicted molar refractivity (Wildman–Crippen MR) is 47.5 cm³/mol. The lowest BCUT2D eigenvalue weighted by Gasteiger charge is -2.06. The van der Waals surface area contributed by atoms with E-state index in [-0.39, 0.29) is 23.7 Å². The van der Waals surface area contributed by atoms with Gasteiger partial charge < -0.3 is 20.7 Å². The maximum Gasteiger partial charge on any atom is 0.336 e. The molecule has 1 heterocycles. The second-order valence-electron chi connectivity index (χ2n) is 3.10. The van der Waals surface area contributed by atoms with Gasteiger partial charge in [0.1, 0.15) is 6.61 Å². The molecular weight excluding hydrogens is 186 g/mol. The van der Waals surface area contributed by atoms with Crippen LogP contribution in [0.15, 0.2) is 12.1 Å². The van der Waals surface area contributed by atoms with E-state index in [1.165, 1.54) is 12.1 Å². The minimum atomic E-state index is -1.07. The molecule has 74 valence electrons. The Morgan fingerprint density at radius 2 is 2.29 bits per heavy atom. The van der Waals surface area contributed by atoms with Gasteiger partial charge in [-0.05, 0) is 12.1 Å². The molecule has 0 spiro atoms. The number of aromatic hydroxyl groups is 1. The minimum absolute atomic E-state index is 0.0713. The van der Waals surface area contributed by atoms with Crippen LogP contribution in [-0.4, -0.2) is 22.8 Å². The zero-order valence-electron chi connectivity index (χ0n) is 7.23. The average Bonchev–Trinajstić information content (AvgIpc) is 2.50. The Kier molecular flexibility index (Phi) is 1.82. The van der Waals surface area contributed by atoms with Crippen molar-refractivity contribution in [2.24, 2.45) is 5.73 Å². The molecule has 0 radical (unpaired) electrons. The van der Waals surface area contributed by atoms with E-state index in [1.807, 2.05) is 0 Å². The van der Waals surface area contributed by atoms with Crippen molar-refractivity contribution >= 4 is 5.97 Å². The molecule has 5 nitrogen and oxygen atoms in total. The first-order chi connectivity index (χ1) is 6.61. The molecule has 1 aliphatic heterocycles. The maximum absolute atomic E-state index is 10.8. The summed E-state index contributed by atoms with van der Waals surface area (Å²) < 4.78 is 5.09. The number of rotatable bonds is 1. The Balaban J connectivity index is 2.66. The zero-order valence-corrected chi connectivity index (χ0v) is 7.23. The fraction of sp³-hybridized carbons (Fsp3) is 0.222. The number of benzene rings is 1. The molecule has 0 amide bonds. The van der Waals surface area contributed by atoms with E-state index in [0.29, 0.717) is 5.56 Å². The number of carboxylic acid groups (broad SMARTS) is 1. The fourth-order valence-electron chi connectivity index (χ4n) is 1.55. The van der Waals surface area contributed by atoms with Gasteiger partial charge in [-0.25, -0.2) is 4.79 Å². The van der Waals surface area contributed by atoms with E-state index in [9.17, 15) is 9.90 Å². The molecule has 1 atom stereocenters. The van der Waals surface area contributed by atoms with Crippen LogP contribution in [0.25, 0.3) is 0 Å². The van der Waals surface area contributed by atoms with Crippen LogP contribution in [0.5, 0.6) is 11.5 Å². The van der Waals surface area contributed by atoms with Gasteiger partial charge in [0, 0.05) is 5.56 Å². The number of carboxylic acids is 1. The van der Waals surface area contributed by atoms with Gasteiger partial charge in [0.05, 0.1) is 11.6 Å². The third-order valence-corrected chi connectivity index (χ3v) is 2.18. The predicted octanol–water partition coefficient (Wildman–Crippen LogP) is 0.483. The first-order valence-electron chi connectivity index (χ1n) is 4.09. The summed E-state index contributed by atoms with van der Waals surface area (Å²) in [6.07, 6.45) is 0. The van der Waals surface area contributed by atoms with Gasteiger partial charge in [-0.15, -0.1) is 0 Å². The smallest absolute Gasteiger partial charge is 0.336 e. The molecule has 0 unspecified atom stereocenters. The van der Waals surface area contributed by atoms with Gasteiger partial charge in [-0.1, -0.05) is 0 Å². The summed E-state index contributed by atoms with van der Waals surface area (Å²) in [7, 11) is 0. The Morgan fingerprint density at radius 3 is 2.93 bits per heavy atom. The molecule has 0 saturated heterocycles. The van der Waals surface area contributed by atoms with Crippen LogP contribution in [0, 0.1) is 0 Å². The van der Waals surface area contributed by atoms with Crippen LogP contribution in [-0.2, 0) is 0 Å². The van der Waals surface area contributed by atoms with Gasteiger partial charge >= 0.3 is 5.97 Å². The number of aromatic carboxylic acids is 1. The Bertz CT molecular complexity index is 402. The molecule has 5 heteroatoms. The zero-order chi connectivity index (χ0) is 10.3. The minimum Gasteiger partial charge on any atom is -0.504 e. The molecule has 14 heavy (non-hydrogen) atoms. The van der Waals surface area contributed by atoms with E-state index in [1.54, 1.807) is 0 Å². The third kappa shape index (κ3) is 1.10. The largest absolute Gasteiger partial charge is 0.504 e. The van der Waals surface area contributed by atoms with Crippen molar-refractivity contribution in [2.45, 2.75) is 6.04 Å². The van der Waals surface area contributed by atoms with Gasteiger partial charge in [-0.3, -0.25) is 0 Å². The van der Waals surface area contributed by atoms with Crippen molar-refractivity contribution in [3.8, 4) is 11.5 Å². The van der Waals surface area contributed by atoms with Crippen LogP contribution in [0.4, 0.5) is 0 Å². The topological polar surface area (TPSA) is 92.8 Å². The quantitative estimate of drug-likeness (QED) is 0.606. The number of nitrogens with two attached hydrogens (primary N) is 1. The Morgan fingerprint density at radius 1 is 1.57 bits per heavy atom. The monoisotopic (exact) mass is 195 g/mol. The summed E-state index contributed by atoms with van der Waals surface area (Å²) in [6.45, 7) is 0.202. The van der Waals surface area contributed by atoms with Crippen molar-refractivity contribution in [2.75, 3.05) is 6.61 Å². The van der Waals surface area contributed by atoms with E-state index in [2.05, 4.69) is 0 Å². The molecule has 4 N–H and O–H groups in total. The number of hydrogen-bond acceptors (Lipinski definition) is 4. The first-order valence-corrected chi connectivity index (χ1v) is 4.09. The molecule has 0 bridgehead atoms. The highest BCUT2D eigenvalue weighted by Crippen LogP contribution is 2.40. The number of fused-ring (bicyclic) bond motifs is 1. The van der Waals surface area contributed by atoms with Crippen LogP contribution >= 0.6 is 0 Å². The van der Waals surface area contributed by atoms with Gasteiger partial charge in [0.15, 0.2) is 11.5 Å². The standard InChI is InChI=1S/C9H9NO4/c10-5-3-14-8-6(11)2-1-4(7(5)8)9(12)13/h1-2,5,11H,3,10H2,(H,12,13)/t5-/m0/s1. The molecule has 2 rings (SSSR count). The maximum atomic E-state index is 10.8. The molecule has 1 aromatic carbocycles. The summed E-state index contributed by atoms with van der Waals surface area (Å²) in [4.78, 5) is 10.8. The second-order valence-corrected chi connectivity index (χ2v) is 3.10. The Labute approximate surface area is 79.7 Å². The SMILES string of the molecule is N[C@H]1COc2c(O)ccc(C(=O)O)c21. The van der Waals surface area contributed by atoms with E-state index in [0.717, 1.165) is 0 Å². The Hall–Kier alpha value is -1.75. The highest BCUT2D eigenvalue weighted by molar-refractivity contribution is 5.91. The molecular formula is C9H9NO4. The average molecular weight is 195 g/mol. The highest BCUT2D eigenvalue weighted by atomic mass is 16.5. The highest BCUT2D eigenvalue weighted by Gasteiger charge is 2.29. The number of phenolic OH excluding ortho intramolecular Hbond substituents is 1. The normalized spacial score (nSPS) is 18.8. The van der Waals surface area contributed by atoms with Crippen molar-refractivity contribution in [1.29, 1.82) is 0 Å². The van der Waals surface area contributed by atoms with Crippen molar-refractivity contribution in [3.05, 3.63) is 23.3 Å². The molecule has 0 aliphatic carbocycles.